The minimum absolute atomic E-state index is 0.188. The second kappa shape index (κ2) is 8.41. The molecule has 0 aliphatic carbocycles. The summed E-state index contributed by atoms with van der Waals surface area (Å²) in [7, 11) is 0. The highest BCUT2D eigenvalue weighted by Crippen LogP contribution is 2.34. The van der Waals surface area contributed by atoms with E-state index in [2.05, 4.69) is 6.26 Å². The number of hydrogen-bond acceptors (Lipinski definition) is 4. The second-order valence-electron chi connectivity index (χ2n) is 9.42. The largest absolute Gasteiger partial charge is 0.444 e. The van der Waals surface area contributed by atoms with E-state index < -0.39 is 5.60 Å². The van der Waals surface area contributed by atoms with Crippen LogP contribution in [0.5, 0.6) is 0 Å². The minimum atomic E-state index is -0.440. The highest BCUT2D eigenvalue weighted by molar-refractivity contribution is 7.98. The zero-order valence-corrected chi connectivity index (χ0v) is 18.2. The first kappa shape index (κ1) is 21.4. The summed E-state index contributed by atoms with van der Waals surface area (Å²) in [5.74, 6) is 2.29. The van der Waals surface area contributed by atoms with E-state index in [1.165, 1.54) is 0 Å². The molecule has 2 aliphatic heterocycles. The van der Waals surface area contributed by atoms with Crippen molar-refractivity contribution in [2.45, 2.75) is 59.5 Å². The first-order chi connectivity index (χ1) is 12.0. The summed E-state index contributed by atoms with van der Waals surface area (Å²) >= 11 is 1.73. The first-order valence-electron chi connectivity index (χ1n) is 9.80. The molecule has 0 aromatic heterocycles. The van der Waals surface area contributed by atoms with Crippen molar-refractivity contribution in [1.29, 1.82) is 0 Å². The summed E-state index contributed by atoms with van der Waals surface area (Å²) in [6.07, 6.45) is 5.02. The molecule has 1 atom stereocenters. The summed E-state index contributed by atoms with van der Waals surface area (Å²) in [4.78, 5) is 28.9. The van der Waals surface area contributed by atoms with Gasteiger partial charge in [-0.2, -0.15) is 11.8 Å². The molecule has 0 aromatic rings. The lowest BCUT2D eigenvalue weighted by Gasteiger charge is -2.38. The van der Waals surface area contributed by atoms with Crippen LogP contribution in [0.15, 0.2) is 0 Å². The summed E-state index contributed by atoms with van der Waals surface area (Å²) in [5.41, 5.74) is -0.725. The van der Waals surface area contributed by atoms with E-state index >= 15 is 0 Å². The fourth-order valence-electron chi connectivity index (χ4n) is 4.09. The van der Waals surface area contributed by atoms with Crippen molar-refractivity contribution < 1.29 is 14.3 Å². The highest BCUT2D eigenvalue weighted by atomic mass is 32.2. The van der Waals surface area contributed by atoms with Crippen molar-refractivity contribution in [2.75, 3.05) is 38.2 Å². The Morgan fingerprint density at radius 1 is 0.962 bits per heavy atom. The number of piperidine rings is 1. The molecule has 2 rings (SSSR count). The number of nitrogens with zero attached hydrogens (tertiary/aromatic N) is 2. The normalized spacial score (nSPS) is 22.6. The number of likely N-dealkylation sites (tertiary alicyclic amines) is 2. The maximum atomic E-state index is 12.8. The van der Waals surface area contributed by atoms with Gasteiger partial charge in [-0.15, -0.1) is 0 Å². The van der Waals surface area contributed by atoms with Crippen molar-refractivity contribution in [1.82, 2.24) is 9.80 Å². The Kier molecular flexibility index (Phi) is 6.92. The molecule has 0 aromatic carbocycles. The van der Waals surface area contributed by atoms with Gasteiger partial charge in [0.2, 0.25) is 5.91 Å². The summed E-state index contributed by atoms with van der Waals surface area (Å²) in [6.45, 7) is 13.1. The summed E-state index contributed by atoms with van der Waals surface area (Å²) in [6, 6.07) is 0. The molecule has 0 bridgehead atoms. The molecule has 150 valence electrons. The van der Waals surface area contributed by atoms with E-state index in [1.807, 2.05) is 44.4 Å². The number of thioether (sulfide) groups is 1. The van der Waals surface area contributed by atoms with Crippen LogP contribution in [0.1, 0.15) is 53.9 Å². The zero-order chi connectivity index (χ0) is 19.5. The fraction of sp³-hybridized carbons (Fsp3) is 0.900. The van der Waals surface area contributed by atoms with Crippen molar-refractivity contribution in [3.8, 4) is 0 Å². The van der Waals surface area contributed by atoms with Crippen molar-refractivity contribution >= 4 is 23.8 Å². The van der Waals surface area contributed by atoms with E-state index in [4.69, 9.17) is 4.74 Å². The van der Waals surface area contributed by atoms with Crippen LogP contribution in [0.25, 0.3) is 0 Å². The van der Waals surface area contributed by atoms with Gasteiger partial charge >= 0.3 is 6.09 Å². The predicted octanol–water partition coefficient (Wildman–Crippen LogP) is 3.87. The third-order valence-corrected chi connectivity index (χ3v) is 6.46. The maximum Gasteiger partial charge on any atom is 0.410 e. The number of hydrogen-bond donors (Lipinski definition) is 0. The van der Waals surface area contributed by atoms with Crippen LogP contribution < -0.4 is 0 Å². The van der Waals surface area contributed by atoms with E-state index in [1.54, 1.807) is 11.8 Å². The third-order valence-electron chi connectivity index (χ3n) is 5.45. The number of ether oxygens (including phenoxy) is 1. The number of carbonyl (C=O) groups excluding carboxylic acids is 2. The molecular weight excluding hydrogens is 348 g/mol. The average molecular weight is 385 g/mol. The van der Waals surface area contributed by atoms with E-state index in [9.17, 15) is 9.59 Å². The molecule has 2 heterocycles. The highest BCUT2D eigenvalue weighted by Gasteiger charge is 2.38. The molecule has 2 fully saturated rings. The van der Waals surface area contributed by atoms with Crippen LogP contribution in [0.3, 0.4) is 0 Å². The number of amides is 2. The number of carbonyl (C=O) groups is 2. The lowest BCUT2D eigenvalue weighted by Crippen LogP contribution is -2.47. The molecule has 0 spiro atoms. The summed E-state index contributed by atoms with van der Waals surface area (Å²) in [5, 5.41) is 0. The lowest BCUT2D eigenvalue weighted by molar-refractivity contribution is -0.140. The molecule has 6 heteroatoms. The van der Waals surface area contributed by atoms with Gasteiger partial charge in [-0.1, -0.05) is 13.8 Å². The molecular formula is C20H36N2O3S. The molecule has 0 radical (unpaired) electrons. The quantitative estimate of drug-likeness (QED) is 0.738. The Labute approximate surface area is 163 Å². The Hall–Kier alpha value is -0.910. The predicted molar refractivity (Wildman–Crippen MR) is 107 cm³/mol. The van der Waals surface area contributed by atoms with Gasteiger partial charge in [0.25, 0.3) is 0 Å². The van der Waals surface area contributed by atoms with Crippen molar-refractivity contribution in [2.24, 2.45) is 17.3 Å². The molecule has 0 N–H and O–H groups in total. The Bertz CT molecular complexity index is 508. The van der Waals surface area contributed by atoms with Crippen LogP contribution in [0.2, 0.25) is 0 Å². The summed E-state index contributed by atoms with van der Waals surface area (Å²) < 4.78 is 5.50. The van der Waals surface area contributed by atoms with E-state index in [0.717, 1.165) is 51.2 Å². The smallest absolute Gasteiger partial charge is 0.410 e. The van der Waals surface area contributed by atoms with Crippen molar-refractivity contribution in [3.63, 3.8) is 0 Å². The molecule has 2 aliphatic rings. The van der Waals surface area contributed by atoms with Gasteiger partial charge in [0, 0.05) is 31.9 Å². The second-order valence-corrected chi connectivity index (χ2v) is 10.3. The van der Waals surface area contributed by atoms with Gasteiger partial charge in [0.1, 0.15) is 5.60 Å². The van der Waals surface area contributed by atoms with Crippen LogP contribution >= 0.6 is 11.8 Å². The van der Waals surface area contributed by atoms with Gasteiger partial charge in [0.15, 0.2) is 0 Å². The van der Waals surface area contributed by atoms with Gasteiger partial charge in [-0.25, -0.2) is 4.79 Å². The maximum absolute atomic E-state index is 12.8. The molecule has 5 nitrogen and oxygen atoms in total. The van der Waals surface area contributed by atoms with Gasteiger partial charge < -0.3 is 14.5 Å². The molecule has 26 heavy (non-hydrogen) atoms. The van der Waals surface area contributed by atoms with Crippen LogP contribution in [0.4, 0.5) is 4.79 Å². The van der Waals surface area contributed by atoms with Crippen LogP contribution in [0, 0.1) is 17.3 Å². The Morgan fingerprint density at radius 3 is 2.04 bits per heavy atom. The minimum Gasteiger partial charge on any atom is -0.444 e. The molecule has 2 amide bonds. The number of rotatable bonds is 4. The third kappa shape index (κ3) is 5.54. The van der Waals surface area contributed by atoms with Crippen molar-refractivity contribution in [3.05, 3.63) is 0 Å². The van der Waals surface area contributed by atoms with Crippen LogP contribution in [-0.2, 0) is 9.53 Å². The monoisotopic (exact) mass is 384 g/mol. The first-order valence-corrected chi connectivity index (χ1v) is 11.2. The standard InChI is InChI=1S/C20H36N2O3S/c1-19(2,3)25-18(24)22-12-9-16(13-22)15-7-10-21(11-8-15)17(23)20(4,5)14-26-6/h15-16H,7-14H2,1-6H3/t16-/m0/s1. The van der Waals surface area contributed by atoms with Gasteiger partial charge in [0.05, 0.1) is 5.41 Å². The lowest BCUT2D eigenvalue weighted by atomic mass is 9.83. The van der Waals surface area contributed by atoms with E-state index in [-0.39, 0.29) is 17.4 Å². The SMILES string of the molecule is CSCC(C)(C)C(=O)N1CCC([C@H]2CCN(C(=O)OC(C)(C)C)C2)CC1. The molecule has 0 saturated carbocycles. The Morgan fingerprint density at radius 2 is 1.50 bits per heavy atom. The van der Waals surface area contributed by atoms with Gasteiger partial charge in [-0.05, 0) is 58.1 Å². The van der Waals surface area contributed by atoms with Crippen LogP contribution in [-0.4, -0.2) is 65.6 Å². The zero-order valence-electron chi connectivity index (χ0n) is 17.3. The molecule has 2 saturated heterocycles. The van der Waals surface area contributed by atoms with Gasteiger partial charge in [-0.3, -0.25) is 4.79 Å². The molecule has 0 unspecified atom stereocenters. The Balaban J connectivity index is 1.82. The average Bonchev–Trinajstić information content (AvgIpc) is 3.03. The van der Waals surface area contributed by atoms with E-state index in [0.29, 0.717) is 11.8 Å². The topological polar surface area (TPSA) is 49.9 Å². The fourth-order valence-corrected chi connectivity index (χ4v) is 4.93.